The van der Waals surface area contributed by atoms with E-state index >= 15 is 0 Å². The van der Waals surface area contributed by atoms with Gasteiger partial charge in [-0.2, -0.15) is 0 Å². The van der Waals surface area contributed by atoms with Gasteiger partial charge in [-0.25, -0.2) is 0 Å². The van der Waals surface area contributed by atoms with Crippen molar-refractivity contribution in [2.45, 2.75) is 12.5 Å². The van der Waals surface area contributed by atoms with Crippen LogP contribution >= 0.6 is 24.8 Å². The van der Waals surface area contributed by atoms with E-state index in [0.29, 0.717) is 0 Å². The van der Waals surface area contributed by atoms with Crippen molar-refractivity contribution in [1.82, 2.24) is 10.2 Å². The summed E-state index contributed by atoms with van der Waals surface area (Å²) in [4.78, 5) is 13.9. The number of morpholine rings is 1. The van der Waals surface area contributed by atoms with Gasteiger partial charge in [0.25, 0.3) is 0 Å². The lowest BCUT2D eigenvalue weighted by Gasteiger charge is -2.31. The van der Waals surface area contributed by atoms with Gasteiger partial charge in [0.05, 0.1) is 19.8 Å². The topological polar surface area (TPSA) is 67.6 Å². The quantitative estimate of drug-likeness (QED) is 0.798. The van der Waals surface area contributed by atoms with Crippen LogP contribution in [0.1, 0.15) is 5.56 Å². The van der Waals surface area contributed by atoms with E-state index in [4.69, 9.17) is 10.5 Å². The average Bonchev–Trinajstić information content (AvgIpc) is 2.49. The van der Waals surface area contributed by atoms with Crippen LogP contribution < -0.4 is 11.1 Å². The maximum Gasteiger partial charge on any atom is 0.234 e. The van der Waals surface area contributed by atoms with E-state index in [1.54, 1.807) is 0 Å². The van der Waals surface area contributed by atoms with Crippen molar-refractivity contribution in [2.75, 3.05) is 39.4 Å². The van der Waals surface area contributed by atoms with Gasteiger partial charge in [-0.3, -0.25) is 9.69 Å². The van der Waals surface area contributed by atoms with E-state index in [-0.39, 0.29) is 43.3 Å². The highest BCUT2D eigenvalue weighted by Gasteiger charge is 2.18. The predicted octanol–water partition coefficient (Wildman–Crippen LogP) is 0.848. The van der Waals surface area contributed by atoms with Crippen molar-refractivity contribution in [3.8, 4) is 0 Å². The van der Waals surface area contributed by atoms with Gasteiger partial charge in [0.15, 0.2) is 0 Å². The number of nitrogens with two attached hydrogens (primary N) is 1. The standard InChI is InChI=1S/C15H23N3O2.2ClH/c16-11-15(19)17-14(10-13-4-2-1-3-5-13)12-18-6-8-20-9-7-18;;/h1-5,14H,6-12,16H2,(H,17,19);2*1H. The predicted molar refractivity (Wildman–Crippen MR) is 92.9 cm³/mol. The molecule has 1 amide bonds. The lowest BCUT2D eigenvalue weighted by Crippen LogP contribution is -2.49. The van der Waals surface area contributed by atoms with Crippen molar-refractivity contribution < 1.29 is 9.53 Å². The average molecular weight is 350 g/mol. The van der Waals surface area contributed by atoms with Crippen LogP contribution in [0.2, 0.25) is 0 Å². The van der Waals surface area contributed by atoms with Gasteiger partial charge >= 0.3 is 0 Å². The van der Waals surface area contributed by atoms with Gasteiger partial charge in [0.2, 0.25) is 5.91 Å². The summed E-state index contributed by atoms with van der Waals surface area (Å²) in [5, 5.41) is 3.02. The van der Waals surface area contributed by atoms with Gasteiger partial charge in [0.1, 0.15) is 0 Å². The summed E-state index contributed by atoms with van der Waals surface area (Å²) in [5.41, 5.74) is 6.63. The molecular formula is C15H25Cl2N3O2. The molecule has 1 unspecified atom stereocenters. The molecule has 1 heterocycles. The monoisotopic (exact) mass is 349 g/mol. The number of amides is 1. The molecule has 1 aliphatic rings. The third kappa shape index (κ3) is 7.42. The second kappa shape index (κ2) is 11.7. The van der Waals surface area contributed by atoms with Crippen molar-refractivity contribution in [3.63, 3.8) is 0 Å². The Morgan fingerprint density at radius 3 is 2.45 bits per heavy atom. The molecule has 126 valence electrons. The number of rotatable bonds is 6. The molecule has 0 aromatic heterocycles. The molecule has 0 aliphatic carbocycles. The highest BCUT2D eigenvalue weighted by molar-refractivity contribution is 5.85. The minimum atomic E-state index is -0.0980. The fourth-order valence-corrected chi connectivity index (χ4v) is 2.44. The second-order valence-corrected chi connectivity index (χ2v) is 5.07. The molecule has 0 saturated carbocycles. The molecule has 1 aromatic rings. The van der Waals surface area contributed by atoms with Gasteiger partial charge in [0, 0.05) is 25.7 Å². The van der Waals surface area contributed by atoms with Crippen molar-refractivity contribution in [1.29, 1.82) is 0 Å². The molecule has 1 atom stereocenters. The molecule has 1 saturated heterocycles. The summed E-state index contributed by atoms with van der Waals surface area (Å²) in [5.74, 6) is -0.0980. The van der Waals surface area contributed by atoms with E-state index in [1.807, 2.05) is 18.2 Å². The Morgan fingerprint density at radius 1 is 1.23 bits per heavy atom. The molecule has 2 rings (SSSR count). The Labute approximate surface area is 144 Å². The smallest absolute Gasteiger partial charge is 0.234 e. The molecule has 0 spiro atoms. The molecule has 0 bridgehead atoms. The van der Waals surface area contributed by atoms with E-state index < -0.39 is 0 Å². The number of benzene rings is 1. The Morgan fingerprint density at radius 2 is 1.86 bits per heavy atom. The summed E-state index contributed by atoms with van der Waals surface area (Å²) in [7, 11) is 0. The molecule has 7 heteroatoms. The Balaban J connectivity index is 0.00000220. The first-order valence-corrected chi connectivity index (χ1v) is 7.11. The van der Waals surface area contributed by atoms with Crippen LogP contribution in [-0.2, 0) is 16.0 Å². The first kappa shape index (κ1) is 21.1. The minimum absolute atomic E-state index is 0. The van der Waals surface area contributed by atoms with E-state index in [9.17, 15) is 4.79 Å². The Hall–Kier alpha value is -0.850. The lowest BCUT2D eigenvalue weighted by atomic mass is 10.1. The molecule has 0 radical (unpaired) electrons. The molecule has 1 aliphatic heterocycles. The van der Waals surface area contributed by atoms with Crippen molar-refractivity contribution in [2.24, 2.45) is 5.73 Å². The molecule has 1 aromatic carbocycles. The first-order chi connectivity index (χ1) is 9.78. The lowest BCUT2D eigenvalue weighted by molar-refractivity contribution is -0.120. The molecule has 1 fully saturated rings. The first-order valence-electron chi connectivity index (χ1n) is 7.11. The normalized spacial score (nSPS) is 16.0. The zero-order valence-electron chi connectivity index (χ0n) is 12.6. The molecule has 22 heavy (non-hydrogen) atoms. The van der Waals surface area contributed by atoms with Crippen molar-refractivity contribution >= 4 is 30.7 Å². The second-order valence-electron chi connectivity index (χ2n) is 5.07. The third-order valence-corrected chi connectivity index (χ3v) is 3.46. The fourth-order valence-electron chi connectivity index (χ4n) is 2.44. The van der Waals surface area contributed by atoms with E-state index in [1.165, 1.54) is 5.56 Å². The number of nitrogens with zero attached hydrogens (tertiary/aromatic N) is 1. The largest absolute Gasteiger partial charge is 0.379 e. The van der Waals surface area contributed by atoms with Crippen LogP contribution in [0.4, 0.5) is 0 Å². The number of ether oxygens (including phenoxy) is 1. The number of hydrogen-bond donors (Lipinski definition) is 2. The summed E-state index contributed by atoms with van der Waals surface area (Å²) < 4.78 is 5.35. The number of nitrogens with one attached hydrogen (secondary N) is 1. The third-order valence-electron chi connectivity index (χ3n) is 3.46. The highest BCUT2D eigenvalue weighted by Crippen LogP contribution is 2.06. The number of hydrogen-bond acceptors (Lipinski definition) is 4. The molecule has 3 N–H and O–H groups in total. The number of halogens is 2. The van der Waals surface area contributed by atoms with Crippen LogP contribution in [-0.4, -0.2) is 56.2 Å². The van der Waals surface area contributed by atoms with Gasteiger partial charge in [-0.05, 0) is 12.0 Å². The SMILES string of the molecule is Cl.Cl.NCC(=O)NC(Cc1ccccc1)CN1CCOCC1. The molecular weight excluding hydrogens is 325 g/mol. The maximum absolute atomic E-state index is 11.6. The summed E-state index contributed by atoms with van der Waals surface area (Å²) in [6, 6.07) is 10.3. The number of carbonyl (C=O) groups is 1. The van der Waals surface area contributed by atoms with Crippen LogP contribution in [0.3, 0.4) is 0 Å². The summed E-state index contributed by atoms with van der Waals surface area (Å²) >= 11 is 0. The fraction of sp³-hybridized carbons (Fsp3) is 0.533. The Bertz CT molecular complexity index is 415. The van der Waals surface area contributed by atoms with E-state index in [0.717, 1.165) is 39.3 Å². The molecule has 5 nitrogen and oxygen atoms in total. The zero-order chi connectivity index (χ0) is 14.2. The number of carbonyl (C=O) groups excluding carboxylic acids is 1. The van der Waals surface area contributed by atoms with Crippen LogP contribution in [0.5, 0.6) is 0 Å². The van der Waals surface area contributed by atoms with Crippen LogP contribution in [0.25, 0.3) is 0 Å². The summed E-state index contributed by atoms with van der Waals surface area (Å²) in [6.45, 7) is 4.25. The highest BCUT2D eigenvalue weighted by atomic mass is 35.5. The Kier molecular flexibility index (Phi) is 11.2. The summed E-state index contributed by atoms with van der Waals surface area (Å²) in [6.07, 6.45) is 0.823. The zero-order valence-corrected chi connectivity index (χ0v) is 14.2. The van der Waals surface area contributed by atoms with Crippen LogP contribution in [0, 0.1) is 0 Å². The van der Waals surface area contributed by atoms with Crippen molar-refractivity contribution in [3.05, 3.63) is 35.9 Å². The minimum Gasteiger partial charge on any atom is -0.379 e. The van der Waals surface area contributed by atoms with Gasteiger partial charge in [-0.15, -0.1) is 24.8 Å². The van der Waals surface area contributed by atoms with E-state index in [2.05, 4.69) is 22.3 Å². The van der Waals surface area contributed by atoms with Crippen LogP contribution in [0.15, 0.2) is 30.3 Å². The maximum atomic E-state index is 11.6. The van der Waals surface area contributed by atoms with Gasteiger partial charge in [-0.1, -0.05) is 30.3 Å². The van der Waals surface area contributed by atoms with Gasteiger partial charge < -0.3 is 15.8 Å².